The highest BCUT2D eigenvalue weighted by Gasteiger charge is 2.51. The molecule has 2 bridgehead atoms. The predicted octanol–water partition coefficient (Wildman–Crippen LogP) is 7.57. The fourth-order valence-corrected chi connectivity index (χ4v) is 6.45. The number of pyridine rings is 1. The minimum absolute atomic E-state index is 0.0414. The normalized spacial score (nSPS) is 23.9. The lowest BCUT2D eigenvalue weighted by Gasteiger charge is -2.54. The van der Waals surface area contributed by atoms with Crippen LogP contribution in [0.1, 0.15) is 80.9 Å². The number of rotatable bonds is 9. The highest BCUT2D eigenvalue weighted by molar-refractivity contribution is 6.05. The Balaban J connectivity index is 1.24. The Hall–Kier alpha value is -3.56. The third-order valence-corrected chi connectivity index (χ3v) is 9.26. The molecule has 0 spiro atoms. The monoisotopic (exact) mass is 568 g/mol. The molecule has 4 aliphatic carbocycles. The van der Waals surface area contributed by atoms with Crippen LogP contribution in [0.15, 0.2) is 59.3 Å². The molecule has 4 saturated carbocycles. The molecule has 216 valence electrons. The molecule has 4 aliphatic rings. The number of amides is 1. The molecule has 0 aliphatic heterocycles. The topological polar surface area (TPSA) is 72.1 Å². The van der Waals surface area contributed by atoms with E-state index in [9.17, 15) is 22.4 Å². The zero-order valence-corrected chi connectivity index (χ0v) is 22.7. The summed E-state index contributed by atoms with van der Waals surface area (Å²) in [7, 11) is 0. The minimum atomic E-state index is -4.42. The number of carbonyl (C=O) groups is 1. The summed E-state index contributed by atoms with van der Waals surface area (Å²) in [6.07, 6.45) is 3.34. The van der Waals surface area contributed by atoms with Crippen molar-refractivity contribution in [1.82, 2.24) is 15.1 Å². The Morgan fingerprint density at radius 1 is 1.07 bits per heavy atom. The SMILES string of the molecule is C=C(CCF)C(=O)N(CC12CCC(c3ccc(C(F)(F)F)cn3)(CC1)CC2)c1cccc(-c2noc(C3CC3)n2)c1. The fourth-order valence-electron chi connectivity index (χ4n) is 6.45. The van der Waals surface area contributed by atoms with Crippen LogP contribution in [0.3, 0.4) is 0 Å². The van der Waals surface area contributed by atoms with Crippen molar-refractivity contribution in [1.29, 1.82) is 0 Å². The van der Waals surface area contributed by atoms with Crippen LogP contribution in [0.4, 0.5) is 23.2 Å². The van der Waals surface area contributed by atoms with Crippen molar-refractivity contribution < 1.29 is 26.9 Å². The molecule has 4 fully saturated rings. The van der Waals surface area contributed by atoms with Gasteiger partial charge in [0.1, 0.15) is 0 Å². The predicted molar refractivity (Wildman–Crippen MR) is 145 cm³/mol. The van der Waals surface area contributed by atoms with Gasteiger partial charge in [-0.05, 0) is 81.0 Å². The van der Waals surface area contributed by atoms with Crippen LogP contribution in [0.5, 0.6) is 0 Å². The summed E-state index contributed by atoms with van der Waals surface area (Å²) >= 11 is 0. The van der Waals surface area contributed by atoms with E-state index < -0.39 is 18.4 Å². The van der Waals surface area contributed by atoms with Crippen LogP contribution < -0.4 is 4.90 Å². The highest BCUT2D eigenvalue weighted by Crippen LogP contribution is 2.58. The number of aromatic nitrogens is 3. The number of hydrogen-bond acceptors (Lipinski definition) is 5. The van der Waals surface area contributed by atoms with Crippen molar-refractivity contribution in [2.24, 2.45) is 5.41 Å². The van der Waals surface area contributed by atoms with Crippen LogP contribution in [0.2, 0.25) is 0 Å². The van der Waals surface area contributed by atoms with E-state index in [0.717, 1.165) is 69.2 Å². The number of benzene rings is 1. The first kappa shape index (κ1) is 27.6. The van der Waals surface area contributed by atoms with Crippen LogP contribution in [0.25, 0.3) is 11.4 Å². The molecule has 0 atom stereocenters. The zero-order valence-electron chi connectivity index (χ0n) is 22.7. The van der Waals surface area contributed by atoms with Crippen LogP contribution >= 0.6 is 0 Å². The molecule has 0 unspecified atom stereocenters. The average molecular weight is 569 g/mol. The van der Waals surface area contributed by atoms with Crippen molar-refractivity contribution in [2.45, 2.75) is 75.3 Å². The minimum Gasteiger partial charge on any atom is -0.339 e. The molecule has 0 radical (unpaired) electrons. The van der Waals surface area contributed by atoms with Gasteiger partial charge >= 0.3 is 6.18 Å². The molecule has 10 heteroatoms. The molecule has 1 amide bonds. The third kappa shape index (κ3) is 5.40. The molecule has 3 aromatic rings. The first-order valence-electron chi connectivity index (χ1n) is 14.1. The summed E-state index contributed by atoms with van der Waals surface area (Å²) in [5.41, 5.74) is 1.14. The van der Waals surface area contributed by atoms with Gasteiger partial charge in [-0.1, -0.05) is 23.9 Å². The van der Waals surface area contributed by atoms with Crippen LogP contribution in [0, 0.1) is 5.41 Å². The lowest BCUT2D eigenvalue weighted by atomic mass is 9.52. The molecule has 0 N–H and O–H groups in total. The molecule has 0 saturated heterocycles. The average Bonchev–Trinajstić information content (AvgIpc) is 3.72. The van der Waals surface area contributed by atoms with Gasteiger partial charge in [-0.25, -0.2) is 0 Å². The molecule has 1 aromatic carbocycles. The number of alkyl halides is 4. The second kappa shape index (κ2) is 10.4. The van der Waals surface area contributed by atoms with Gasteiger partial charge in [-0.3, -0.25) is 14.2 Å². The summed E-state index contributed by atoms with van der Waals surface area (Å²) in [5.74, 6) is 1.10. The number of nitrogens with zero attached hydrogens (tertiary/aromatic N) is 4. The van der Waals surface area contributed by atoms with E-state index in [4.69, 9.17) is 4.52 Å². The van der Waals surface area contributed by atoms with E-state index >= 15 is 0 Å². The van der Waals surface area contributed by atoms with Gasteiger partial charge in [-0.2, -0.15) is 18.2 Å². The standard InChI is InChI=1S/C31H32F4N4O2/c1-20(9-16-32)28(40)39(24-4-2-3-22(17-24)26-37-27(41-38-26)21-5-6-21)19-29-10-13-30(14-11-29,15-12-29)25-8-7-23(18-36-25)31(33,34)35/h2-4,7-8,17-18,21H,1,5-6,9-16,19H2. The van der Waals surface area contributed by atoms with Gasteiger partial charge in [0, 0.05) is 53.0 Å². The third-order valence-electron chi connectivity index (χ3n) is 9.26. The molecule has 2 heterocycles. The van der Waals surface area contributed by atoms with E-state index in [-0.39, 0.29) is 28.7 Å². The fraction of sp³-hybridized carbons (Fsp3) is 0.484. The maximum absolute atomic E-state index is 13.6. The second-order valence-electron chi connectivity index (χ2n) is 11.9. The Morgan fingerprint density at radius 3 is 2.41 bits per heavy atom. The number of hydrogen-bond donors (Lipinski definition) is 0. The van der Waals surface area contributed by atoms with Gasteiger partial charge in [0.2, 0.25) is 11.7 Å². The number of carbonyl (C=O) groups excluding carboxylic acids is 1. The molecule has 6 nitrogen and oxygen atoms in total. The molecular formula is C31H32F4N4O2. The number of halogens is 4. The summed E-state index contributed by atoms with van der Waals surface area (Å²) in [6, 6.07) is 10.1. The van der Waals surface area contributed by atoms with Crippen molar-refractivity contribution in [3.63, 3.8) is 0 Å². The molecular weight excluding hydrogens is 536 g/mol. The number of fused-ring (bicyclic) bond motifs is 3. The van der Waals surface area contributed by atoms with Crippen molar-refractivity contribution in [3.8, 4) is 11.4 Å². The largest absolute Gasteiger partial charge is 0.417 e. The molecule has 7 rings (SSSR count). The van der Waals surface area contributed by atoms with Gasteiger partial charge < -0.3 is 9.42 Å². The first-order valence-corrected chi connectivity index (χ1v) is 14.1. The second-order valence-corrected chi connectivity index (χ2v) is 11.9. The lowest BCUT2D eigenvalue weighted by molar-refractivity contribution is -0.137. The van der Waals surface area contributed by atoms with Gasteiger partial charge in [0.15, 0.2) is 0 Å². The van der Waals surface area contributed by atoms with Crippen LogP contribution in [-0.4, -0.2) is 34.3 Å². The Bertz CT molecular complexity index is 1420. The van der Waals surface area contributed by atoms with E-state index in [1.54, 1.807) is 4.90 Å². The maximum Gasteiger partial charge on any atom is 0.417 e. The van der Waals surface area contributed by atoms with E-state index in [0.29, 0.717) is 35.6 Å². The van der Waals surface area contributed by atoms with Gasteiger partial charge in [0.05, 0.1) is 12.2 Å². The lowest BCUT2D eigenvalue weighted by Crippen LogP contribution is -2.51. The Morgan fingerprint density at radius 2 is 1.80 bits per heavy atom. The maximum atomic E-state index is 13.6. The van der Waals surface area contributed by atoms with Crippen molar-refractivity contribution >= 4 is 11.6 Å². The Labute approximate surface area is 235 Å². The van der Waals surface area contributed by atoms with Crippen molar-refractivity contribution in [2.75, 3.05) is 18.1 Å². The summed E-state index contributed by atoms with van der Waals surface area (Å²) in [6.45, 7) is 3.64. The van der Waals surface area contributed by atoms with E-state index in [2.05, 4.69) is 21.7 Å². The number of anilines is 1. The quantitative estimate of drug-likeness (QED) is 0.197. The Kier molecular flexibility index (Phi) is 6.98. The summed E-state index contributed by atoms with van der Waals surface area (Å²) in [5, 5.41) is 4.14. The van der Waals surface area contributed by atoms with Gasteiger partial charge in [-0.15, -0.1) is 0 Å². The smallest absolute Gasteiger partial charge is 0.339 e. The van der Waals surface area contributed by atoms with Crippen LogP contribution in [-0.2, 0) is 16.4 Å². The van der Waals surface area contributed by atoms with Gasteiger partial charge in [0.25, 0.3) is 5.91 Å². The van der Waals surface area contributed by atoms with Crippen molar-refractivity contribution in [3.05, 3.63) is 71.9 Å². The van der Waals surface area contributed by atoms with E-state index in [1.807, 2.05) is 24.3 Å². The highest BCUT2D eigenvalue weighted by atomic mass is 19.4. The molecule has 41 heavy (non-hydrogen) atoms. The molecule has 2 aromatic heterocycles. The summed E-state index contributed by atoms with van der Waals surface area (Å²) < 4.78 is 57.9. The first-order chi connectivity index (χ1) is 19.6. The zero-order chi connectivity index (χ0) is 28.8. The summed E-state index contributed by atoms with van der Waals surface area (Å²) in [4.78, 5) is 24.1. The van der Waals surface area contributed by atoms with E-state index in [1.165, 1.54) is 6.07 Å².